The highest BCUT2D eigenvalue weighted by Gasteiger charge is 2.15. The van der Waals surface area contributed by atoms with Crippen LogP contribution in [0.4, 0.5) is 0 Å². The van der Waals surface area contributed by atoms with E-state index in [0.717, 1.165) is 43.1 Å². The van der Waals surface area contributed by atoms with Crippen LogP contribution in [0.25, 0.3) is 0 Å². The van der Waals surface area contributed by atoms with E-state index in [0.29, 0.717) is 25.2 Å². The van der Waals surface area contributed by atoms with Crippen LogP contribution in [0.1, 0.15) is 42.5 Å². The van der Waals surface area contributed by atoms with Gasteiger partial charge in [0.1, 0.15) is 11.5 Å². The molecule has 7 heteroatoms. The van der Waals surface area contributed by atoms with Crippen LogP contribution in [-0.2, 0) is 22.6 Å². The van der Waals surface area contributed by atoms with E-state index in [9.17, 15) is 0 Å². The molecule has 0 spiro atoms. The van der Waals surface area contributed by atoms with Crippen molar-refractivity contribution in [3.63, 3.8) is 0 Å². The van der Waals surface area contributed by atoms with Crippen molar-refractivity contribution in [3.8, 4) is 11.5 Å². The summed E-state index contributed by atoms with van der Waals surface area (Å²) in [5.41, 5.74) is 3.36. The molecule has 7 nitrogen and oxygen atoms in total. The van der Waals surface area contributed by atoms with E-state index >= 15 is 0 Å². The molecule has 174 valence electrons. The second-order valence-corrected chi connectivity index (χ2v) is 7.84. The first-order valence-electron chi connectivity index (χ1n) is 11.1. The average molecular weight is 442 g/mol. The Balaban J connectivity index is 1.50. The highest BCUT2D eigenvalue weighted by Crippen LogP contribution is 2.29. The number of guanidine groups is 1. The Morgan fingerprint density at radius 3 is 2.44 bits per heavy atom. The molecule has 3 rings (SSSR count). The highest BCUT2D eigenvalue weighted by molar-refractivity contribution is 5.80. The fraction of sp³-hybridized carbons (Fsp3) is 0.480. The van der Waals surface area contributed by atoms with Crippen molar-refractivity contribution >= 4 is 5.96 Å². The molecule has 0 amide bonds. The monoisotopic (exact) mass is 441 g/mol. The molecule has 1 atom stereocenters. The largest absolute Gasteiger partial charge is 0.497 e. The van der Waals surface area contributed by atoms with Gasteiger partial charge in [0.05, 0.1) is 33.0 Å². The normalized spacial score (nSPS) is 15.8. The minimum Gasteiger partial charge on any atom is -0.497 e. The summed E-state index contributed by atoms with van der Waals surface area (Å²) >= 11 is 0. The summed E-state index contributed by atoms with van der Waals surface area (Å²) in [7, 11) is 5.09. The van der Waals surface area contributed by atoms with Gasteiger partial charge >= 0.3 is 0 Å². The van der Waals surface area contributed by atoms with E-state index in [1.807, 2.05) is 18.2 Å². The van der Waals surface area contributed by atoms with Crippen molar-refractivity contribution in [2.75, 3.05) is 34.5 Å². The summed E-state index contributed by atoms with van der Waals surface area (Å²) in [5.74, 6) is 2.31. The Hall–Kier alpha value is -2.77. The van der Waals surface area contributed by atoms with Crippen molar-refractivity contribution < 1.29 is 18.9 Å². The molecule has 1 fully saturated rings. The second kappa shape index (κ2) is 12.3. The van der Waals surface area contributed by atoms with Gasteiger partial charge in [0.25, 0.3) is 0 Å². The highest BCUT2D eigenvalue weighted by atomic mass is 16.5. The van der Waals surface area contributed by atoms with Crippen LogP contribution in [0, 0.1) is 0 Å². The minimum absolute atomic E-state index is 0.0176. The predicted octanol–water partition coefficient (Wildman–Crippen LogP) is 3.83. The lowest BCUT2D eigenvalue weighted by molar-refractivity contribution is -0.0390. The summed E-state index contributed by atoms with van der Waals surface area (Å²) in [4.78, 5) is 4.36. The molecule has 2 aromatic rings. The van der Waals surface area contributed by atoms with Crippen LogP contribution in [0.15, 0.2) is 47.5 Å². The Kier molecular flexibility index (Phi) is 9.19. The van der Waals surface area contributed by atoms with Crippen LogP contribution < -0.4 is 20.1 Å². The molecule has 0 aromatic heterocycles. The van der Waals surface area contributed by atoms with Crippen LogP contribution >= 0.6 is 0 Å². The van der Waals surface area contributed by atoms with Gasteiger partial charge in [0.15, 0.2) is 5.96 Å². The van der Waals surface area contributed by atoms with Gasteiger partial charge < -0.3 is 29.6 Å². The van der Waals surface area contributed by atoms with E-state index in [1.54, 1.807) is 21.3 Å². The van der Waals surface area contributed by atoms with E-state index in [2.05, 4.69) is 46.8 Å². The maximum absolute atomic E-state index is 6.00. The molecule has 1 unspecified atom stereocenters. The van der Waals surface area contributed by atoms with E-state index in [4.69, 9.17) is 18.9 Å². The Morgan fingerprint density at radius 1 is 1.06 bits per heavy atom. The Labute approximate surface area is 191 Å². The zero-order valence-corrected chi connectivity index (χ0v) is 19.5. The lowest BCUT2D eigenvalue weighted by atomic mass is 10.1. The third-order valence-electron chi connectivity index (χ3n) is 5.62. The first-order chi connectivity index (χ1) is 15.6. The summed E-state index contributed by atoms with van der Waals surface area (Å²) < 4.78 is 22.2. The number of hydrogen-bond acceptors (Lipinski definition) is 5. The van der Waals surface area contributed by atoms with Gasteiger partial charge in [0, 0.05) is 32.4 Å². The van der Waals surface area contributed by atoms with Crippen LogP contribution in [0.3, 0.4) is 0 Å². The summed E-state index contributed by atoms with van der Waals surface area (Å²) in [6, 6.07) is 14.2. The maximum Gasteiger partial charge on any atom is 0.191 e. The molecular formula is C25H35N3O4. The number of aliphatic imine (C=N–C) groups is 1. The molecule has 0 aliphatic carbocycles. The molecule has 1 aliphatic rings. The predicted molar refractivity (Wildman–Crippen MR) is 126 cm³/mol. The van der Waals surface area contributed by atoms with Gasteiger partial charge in [-0.15, -0.1) is 0 Å². The molecule has 0 radical (unpaired) electrons. The Morgan fingerprint density at radius 2 is 1.78 bits per heavy atom. The zero-order chi connectivity index (χ0) is 22.8. The number of rotatable bonds is 9. The van der Waals surface area contributed by atoms with Crippen molar-refractivity contribution in [2.45, 2.75) is 45.1 Å². The summed E-state index contributed by atoms with van der Waals surface area (Å²) in [5, 5.41) is 6.80. The van der Waals surface area contributed by atoms with Crippen molar-refractivity contribution in [3.05, 3.63) is 59.2 Å². The van der Waals surface area contributed by atoms with Crippen molar-refractivity contribution in [2.24, 2.45) is 4.99 Å². The lowest BCUT2D eigenvalue weighted by Crippen LogP contribution is -2.38. The smallest absolute Gasteiger partial charge is 0.191 e. The van der Waals surface area contributed by atoms with E-state index in [-0.39, 0.29) is 6.04 Å². The first kappa shape index (κ1) is 23.9. The third-order valence-corrected chi connectivity index (χ3v) is 5.62. The topological polar surface area (TPSA) is 73.3 Å². The number of nitrogens with zero attached hydrogens (tertiary/aromatic N) is 1. The molecule has 2 aromatic carbocycles. The third kappa shape index (κ3) is 6.87. The standard InChI is InChI=1S/C25H35N3O4/c1-18(23-15-22(29-3)9-10-24(23)30-4)28-25(26-2)27-16-19-5-7-20(8-6-19)17-32-21-11-13-31-14-12-21/h5-10,15,18,21H,11-14,16-17H2,1-4H3,(H2,26,27,28). The van der Waals surface area contributed by atoms with Gasteiger partial charge in [-0.05, 0) is 49.1 Å². The summed E-state index contributed by atoms with van der Waals surface area (Å²) in [6.07, 6.45) is 2.27. The van der Waals surface area contributed by atoms with Crippen LogP contribution in [0.2, 0.25) is 0 Å². The molecule has 32 heavy (non-hydrogen) atoms. The number of hydrogen-bond donors (Lipinski definition) is 2. The Bertz CT molecular complexity index is 864. The van der Waals surface area contributed by atoms with Crippen LogP contribution in [0.5, 0.6) is 11.5 Å². The van der Waals surface area contributed by atoms with Crippen molar-refractivity contribution in [1.82, 2.24) is 10.6 Å². The zero-order valence-electron chi connectivity index (χ0n) is 19.5. The van der Waals surface area contributed by atoms with E-state index in [1.165, 1.54) is 11.1 Å². The van der Waals surface area contributed by atoms with Crippen LogP contribution in [-0.4, -0.2) is 46.5 Å². The number of nitrogens with one attached hydrogen (secondary N) is 2. The SMILES string of the molecule is CN=C(NCc1ccc(COC2CCOCC2)cc1)NC(C)c1cc(OC)ccc1OC. The quantitative estimate of drug-likeness (QED) is 0.455. The van der Waals surface area contributed by atoms with Gasteiger partial charge in [-0.2, -0.15) is 0 Å². The minimum atomic E-state index is -0.0176. The molecule has 1 aliphatic heterocycles. The molecule has 1 heterocycles. The average Bonchev–Trinajstić information content (AvgIpc) is 2.85. The summed E-state index contributed by atoms with van der Waals surface area (Å²) in [6.45, 7) is 4.98. The number of methoxy groups -OCH3 is 2. The fourth-order valence-electron chi connectivity index (χ4n) is 3.65. The van der Waals surface area contributed by atoms with Gasteiger partial charge in [-0.1, -0.05) is 24.3 Å². The first-order valence-corrected chi connectivity index (χ1v) is 11.1. The van der Waals surface area contributed by atoms with E-state index < -0.39 is 0 Å². The molecule has 1 saturated heterocycles. The molecule has 2 N–H and O–H groups in total. The van der Waals surface area contributed by atoms with Gasteiger partial charge in [-0.25, -0.2) is 0 Å². The lowest BCUT2D eigenvalue weighted by Gasteiger charge is -2.22. The number of benzene rings is 2. The van der Waals surface area contributed by atoms with Crippen molar-refractivity contribution in [1.29, 1.82) is 0 Å². The number of ether oxygens (including phenoxy) is 4. The maximum atomic E-state index is 6.00. The fourth-order valence-corrected chi connectivity index (χ4v) is 3.65. The molecule has 0 bridgehead atoms. The molecule has 0 saturated carbocycles. The van der Waals surface area contributed by atoms with Gasteiger partial charge in [0.2, 0.25) is 0 Å². The van der Waals surface area contributed by atoms with Gasteiger partial charge in [-0.3, -0.25) is 4.99 Å². The molecular weight excluding hydrogens is 406 g/mol. The second-order valence-electron chi connectivity index (χ2n) is 7.84.